The Kier molecular flexibility index (Phi) is 11.5. The van der Waals surface area contributed by atoms with Crippen molar-refractivity contribution in [2.75, 3.05) is 13.6 Å². The number of fused-ring (bicyclic) bond motifs is 1. The standard InChI is InChI=1S/C38H47F3N7O4/c1-23-13-16-31(38(39,40)41)42-21-28(20-23)30-12-8-11-29(44-30)15-14-25(3)35(49)26(4)17-19-48(7)18-9-10-24(2)33-34(48)36(50)47(37(51)46(33)6)22-32-43-27(5)45-52-32/h8-9,11-12,16,18,20-21,23-26H,10,13-15,17,19,22H2,1-7H3/q+1/b28-20+,31-16+,42-21-/t23?,24?,25?,26-,48?/m1/s1. The van der Waals surface area contributed by atoms with Crippen molar-refractivity contribution in [1.29, 1.82) is 0 Å². The minimum absolute atomic E-state index is 0.0867. The molecule has 0 aromatic carbocycles. The third-order valence-corrected chi connectivity index (χ3v) is 10.0. The van der Waals surface area contributed by atoms with Gasteiger partial charge in [-0.2, -0.15) is 18.2 Å². The Bertz CT molecular complexity index is 2060. The molecule has 0 amide bonds. The molecular weight excluding hydrogens is 675 g/mol. The van der Waals surface area contributed by atoms with Gasteiger partial charge >= 0.3 is 17.4 Å². The molecule has 11 nitrogen and oxygen atoms in total. The predicted molar refractivity (Wildman–Crippen MR) is 194 cm³/mol. The summed E-state index contributed by atoms with van der Waals surface area (Å²) in [6, 6.07) is 5.42. The normalized spacial score (nSPS) is 24.3. The first kappa shape index (κ1) is 38.5. The molecule has 278 valence electrons. The third kappa shape index (κ3) is 8.49. The zero-order valence-electron chi connectivity index (χ0n) is 30.8. The van der Waals surface area contributed by atoms with Gasteiger partial charge in [0.2, 0.25) is 11.6 Å². The number of carbonyl (C=O) groups is 1. The first-order valence-corrected chi connectivity index (χ1v) is 17.7. The van der Waals surface area contributed by atoms with Crippen LogP contribution in [0.2, 0.25) is 0 Å². The van der Waals surface area contributed by atoms with Crippen LogP contribution in [0.25, 0.3) is 5.57 Å². The summed E-state index contributed by atoms with van der Waals surface area (Å²) in [6.07, 6.45) is 6.10. The Morgan fingerprint density at radius 2 is 1.83 bits per heavy atom. The van der Waals surface area contributed by atoms with Gasteiger partial charge in [-0.05, 0) is 56.7 Å². The van der Waals surface area contributed by atoms with E-state index in [1.165, 1.54) is 10.8 Å². The number of alkyl halides is 3. The van der Waals surface area contributed by atoms with Crippen LogP contribution in [-0.4, -0.2) is 56.0 Å². The van der Waals surface area contributed by atoms with Crippen molar-refractivity contribution < 1.29 is 22.5 Å². The summed E-state index contributed by atoms with van der Waals surface area (Å²) in [5.74, 6) is -0.159. The van der Waals surface area contributed by atoms with Crippen molar-refractivity contribution >= 4 is 23.3 Å². The number of aryl methyl sites for hydroxylation is 2. The topological polar surface area (TPSA) is 125 Å². The molecule has 5 atom stereocenters. The molecule has 2 aliphatic rings. The van der Waals surface area contributed by atoms with Gasteiger partial charge in [0, 0.05) is 48.7 Å². The van der Waals surface area contributed by atoms with E-state index in [-0.39, 0.29) is 52.8 Å². The summed E-state index contributed by atoms with van der Waals surface area (Å²) in [5.41, 5.74) is 1.12. The van der Waals surface area contributed by atoms with E-state index >= 15 is 0 Å². The van der Waals surface area contributed by atoms with Crippen LogP contribution in [0.1, 0.15) is 88.1 Å². The molecule has 3 aromatic rings. The molecule has 5 rings (SSSR count). The Hall–Kier alpha value is -4.72. The van der Waals surface area contributed by atoms with Crippen molar-refractivity contribution in [3.05, 3.63) is 98.0 Å². The van der Waals surface area contributed by atoms with Crippen molar-refractivity contribution in [1.82, 2.24) is 28.7 Å². The molecule has 0 radical (unpaired) electrons. The fourth-order valence-corrected chi connectivity index (χ4v) is 6.98. The first-order chi connectivity index (χ1) is 24.5. The zero-order valence-corrected chi connectivity index (χ0v) is 30.8. The number of aromatic nitrogens is 5. The fraction of sp³-hybridized carbons (Fsp3) is 0.500. The average Bonchev–Trinajstić information content (AvgIpc) is 3.44. The van der Waals surface area contributed by atoms with Gasteiger partial charge in [-0.3, -0.25) is 28.6 Å². The van der Waals surface area contributed by atoms with Gasteiger partial charge in [0.1, 0.15) is 18.0 Å². The molecule has 5 heterocycles. The molecule has 0 saturated carbocycles. The van der Waals surface area contributed by atoms with Gasteiger partial charge in [-0.1, -0.05) is 51.1 Å². The van der Waals surface area contributed by atoms with Crippen LogP contribution < -0.4 is 15.7 Å². The number of hydrogen-bond acceptors (Lipinski definition) is 8. The van der Waals surface area contributed by atoms with E-state index in [2.05, 4.69) is 15.1 Å². The highest BCUT2D eigenvalue weighted by Gasteiger charge is 2.38. The van der Waals surface area contributed by atoms with Crippen LogP contribution in [0.15, 0.2) is 67.4 Å². The number of halogens is 3. The molecule has 0 aliphatic carbocycles. The van der Waals surface area contributed by atoms with Crippen LogP contribution in [0.3, 0.4) is 0 Å². The smallest absolute Gasteiger partial charge is 0.337 e. The van der Waals surface area contributed by atoms with Crippen LogP contribution in [0.4, 0.5) is 18.9 Å². The van der Waals surface area contributed by atoms with Crippen LogP contribution in [0, 0.1) is 24.7 Å². The lowest BCUT2D eigenvalue weighted by Crippen LogP contribution is -2.51. The van der Waals surface area contributed by atoms with E-state index in [0.29, 0.717) is 60.7 Å². The number of nitrogens with zero attached hydrogens (tertiary/aromatic N) is 7. The zero-order chi connectivity index (χ0) is 38.0. The van der Waals surface area contributed by atoms with Gasteiger partial charge < -0.3 is 4.52 Å². The molecule has 0 saturated heterocycles. The van der Waals surface area contributed by atoms with Gasteiger partial charge in [0.05, 0.1) is 31.2 Å². The molecule has 0 N–H and O–H groups in total. The number of carbonyl (C=O) groups excluding carboxylic acids is 1. The number of aliphatic imine (C=N–C) groups is 1. The second kappa shape index (κ2) is 15.5. The van der Waals surface area contributed by atoms with Crippen molar-refractivity contribution in [2.45, 2.75) is 85.4 Å². The van der Waals surface area contributed by atoms with Crippen LogP contribution in [-0.2, 0) is 24.8 Å². The predicted octanol–water partition coefficient (Wildman–Crippen LogP) is 6.44. The molecule has 14 heteroatoms. The third-order valence-electron chi connectivity index (χ3n) is 10.0. The van der Waals surface area contributed by atoms with E-state index in [1.54, 1.807) is 20.0 Å². The molecule has 3 aromatic heterocycles. The van der Waals surface area contributed by atoms with E-state index in [1.807, 2.05) is 65.2 Å². The second-order valence-electron chi connectivity index (χ2n) is 14.4. The maximum Gasteiger partial charge on any atom is 0.433 e. The van der Waals surface area contributed by atoms with E-state index < -0.39 is 23.1 Å². The minimum atomic E-state index is -4.53. The van der Waals surface area contributed by atoms with E-state index in [4.69, 9.17) is 9.51 Å². The average molecular weight is 723 g/mol. The maximum atomic E-state index is 14.1. The monoisotopic (exact) mass is 722 g/mol. The number of allylic oxidation sites excluding steroid dienone is 5. The van der Waals surface area contributed by atoms with Gasteiger partial charge in [-0.15, -0.1) is 0 Å². The maximum absolute atomic E-state index is 14.1. The lowest BCUT2D eigenvalue weighted by Gasteiger charge is -2.32. The highest BCUT2D eigenvalue weighted by Crippen LogP contribution is 2.34. The quantitative estimate of drug-likeness (QED) is 0.209. The van der Waals surface area contributed by atoms with Gasteiger partial charge in [0.25, 0.3) is 0 Å². The lowest BCUT2D eigenvalue weighted by molar-refractivity contribution is -0.126. The van der Waals surface area contributed by atoms with Crippen LogP contribution in [0.5, 0.6) is 0 Å². The molecule has 52 heavy (non-hydrogen) atoms. The molecular formula is C38H47F3N7O4+. The number of hydrogen-bond donors (Lipinski definition) is 0. The minimum Gasteiger partial charge on any atom is -0.337 e. The summed E-state index contributed by atoms with van der Waals surface area (Å²) in [5, 5.41) is 3.79. The highest BCUT2D eigenvalue weighted by atomic mass is 19.4. The molecule has 4 unspecified atom stereocenters. The summed E-state index contributed by atoms with van der Waals surface area (Å²) in [7, 11) is 3.60. The highest BCUT2D eigenvalue weighted by molar-refractivity contribution is 6.09. The summed E-state index contributed by atoms with van der Waals surface area (Å²) in [6.45, 7) is 9.60. The molecule has 2 aliphatic heterocycles. The largest absolute Gasteiger partial charge is 0.433 e. The molecule has 0 bridgehead atoms. The SMILES string of the molecule is Cc1noc(Cn2c(=O)c3c(n(C)c2=O)C(C)CC=C[N+]3(C)CC[C@@H](C)C(=O)C(C)CCc2cccc(C3=C/C(C)C/C=C(C(F)(F)F)/N=C\3)n2)n1. The Labute approximate surface area is 300 Å². The van der Waals surface area contributed by atoms with Crippen LogP contribution >= 0.6 is 0 Å². The lowest BCUT2D eigenvalue weighted by atomic mass is 9.89. The number of quaternary nitrogens is 1. The number of pyridine rings is 1. The Balaban J connectivity index is 1.28. The number of Topliss-reactive ketones (excluding diaryl/α,β-unsaturated/α-hetero) is 1. The summed E-state index contributed by atoms with van der Waals surface area (Å²) < 4.78 is 48.1. The molecule has 0 fully saturated rings. The van der Waals surface area contributed by atoms with Crippen molar-refractivity contribution in [3.63, 3.8) is 0 Å². The number of ketones is 1. The van der Waals surface area contributed by atoms with Crippen molar-refractivity contribution in [2.24, 2.45) is 29.8 Å². The summed E-state index contributed by atoms with van der Waals surface area (Å²) in [4.78, 5) is 53.8. The number of rotatable bonds is 11. The van der Waals surface area contributed by atoms with E-state index in [9.17, 15) is 27.6 Å². The Morgan fingerprint density at radius 3 is 2.52 bits per heavy atom. The fourth-order valence-electron chi connectivity index (χ4n) is 6.98. The van der Waals surface area contributed by atoms with Crippen molar-refractivity contribution in [3.8, 4) is 0 Å². The van der Waals surface area contributed by atoms with Gasteiger partial charge in [-0.25, -0.2) is 9.36 Å². The van der Waals surface area contributed by atoms with Gasteiger partial charge in [0.15, 0.2) is 5.82 Å². The summed E-state index contributed by atoms with van der Waals surface area (Å²) >= 11 is 0. The Morgan fingerprint density at radius 1 is 1.10 bits per heavy atom. The second-order valence-corrected chi connectivity index (χ2v) is 14.4. The van der Waals surface area contributed by atoms with E-state index in [0.717, 1.165) is 16.3 Å². The molecule has 0 spiro atoms. The first-order valence-electron chi connectivity index (χ1n) is 17.7.